The fourth-order valence-corrected chi connectivity index (χ4v) is 0.187. The number of aliphatic hydroxyl groups excluding tert-OH is 2. The van der Waals surface area contributed by atoms with Crippen LogP contribution in [-0.4, -0.2) is 23.2 Å². The van der Waals surface area contributed by atoms with E-state index in [2.05, 4.69) is 5.32 Å². The Morgan fingerprint density at radius 2 is 2.25 bits per heavy atom. The molecule has 0 aromatic heterocycles. The van der Waals surface area contributed by atoms with Gasteiger partial charge in [-0.2, -0.15) is 0 Å². The normalized spacial score (nSPS) is 10.9. The molecule has 0 aliphatic carbocycles. The zero-order valence-electron chi connectivity index (χ0n) is 4.38. The summed E-state index contributed by atoms with van der Waals surface area (Å²) in [6.07, 6.45) is 0.332. The average molecular weight is 117 g/mol. The van der Waals surface area contributed by atoms with Crippen LogP contribution in [0, 0.1) is 0 Å². The highest BCUT2D eigenvalue weighted by Crippen LogP contribution is 1.81. The van der Waals surface area contributed by atoms with Crippen molar-refractivity contribution < 1.29 is 15.0 Å². The van der Waals surface area contributed by atoms with Crippen LogP contribution in [-0.2, 0) is 4.79 Å². The van der Waals surface area contributed by atoms with Gasteiger partial charge in [0.1, 0.15) is 6.26 Å². The van der Waals surface area contributed by atoms with Gasteiger partial charge in [0, 0.05) is 7.05 Å². The van der Waals surface area contributed by atoms with E-state index in [-0.39, 0.29) is 0 Å². The van der Waals surface area contributed by atoms with Gasteiger partial charge in [-0.25, -0.2) is 0 Å². The van der Waals surface area contributed by atoms with Crippen molar-refractivity contribution in [2.45, 2.75) is 0 Å². The predicted molar refractivity (Wildman–Crippen MR) is 27.4 cm³/mol. The second-order valence-electron chi connectivity index (χ2n) is 1.09. The maximum atomic E-state index is 10.2. The van der Waals surface area contributed by atoms with Crippen molar-refractivity contribution >= 4 is 5.91 Å². The predicted octanol–water partition coefficient (Wildman–Crippen LogP) is -0.310. The highest BCUT2D eigenvalue weighted by molar-refractivity contribution is 5.90. The molecule has 0 aromatic carbocycles. The number of rotatable bonds is 1. The van der Waals surface area contributed by atoms with Crippen LogP contribution in [0.4, 0.5) is 0 Å². The Kier molecular flexibility index (Phi) is 2.47. The van der Waals surface area contributed by atoms with Crippen molar-refractivity contribution in [3.8, 4) is 0 Å². The van der Waals surface area contributed by atoms with Crippen LogP contribution in [0.5, 0.6) is 0 Å². The average Bonchev–Trinajstić information content (AvgIpc) is 1.84. The van der Waals surface area contributed by atoms with Crippen molar-refractivity contribution in [1.29, 1.82) is 0 Å². The van der Waals surface area contributed by atoms with Gasteiger partial charge in [0.25, 0.3) is 5.91 Å². The number of likely N-dealkylation sites (N-methyl/N-ethyl adjacent to an activating group) is 1. The number of amides is 1. The standard InChI is InChI=1S/C4H7NO3/c1-5-4(8)3(7)2-6/h2,6-7H,1H3,(H,5,8). The molecule has 0 atom stereocenters. The number of hydrogen-bond donors (Lipinski definition) is 3. The van der Waals surface area contributed by atoms with Crippen LogP contribution in [0.15, 0.2) is 12.0 Å². The van der Waals surface area contributed by atoms with Crippen LogP contribution in [0.1, 0.15) is 0 Å². The number of hydrogen-bond acceptors (Lipinski definition) is 3. The van der Waals surface area contributed by atoms with E-state index >= 15 is 0 Å². The third kappa shape index (κ3) is 1.51. The molecule has 0 spiro atoms. The largest absolute Gasteiger partial charge is 0.512 e. The number of carbonyl (C=O) groups excluding carboxylic acids is 1. The van der Waals surface area contributed by atoms with Crippen LogP contribution >= 0.6 is 0 Å². The highest BCUT2D eigenvalue weighted by atomic mass is 16.3. The van der Waals surface area contributed by atoms with Crippen LogP contribution in [0.25, 0.3) is 0 Å². The lowest BCUT2D eigenvalue weighted by atomic mass is 10.5. The van der Waals surface area contributed by atoms with E-state index in [0.29, 0.717) is 6.26 Å². The lowest BCUT2D eigenvalue weighted by Gasteiger charge is -1.92. The summed E-state index contributed by atoms with van der Waals surface area (Å²) < 4.78 is 0. The Bertz CT molecular complexity index is 118. The van der Waals surface area contributed by atoms with Gasteiger partial charge in [0.2, 0.25) is 5.76 Å². The van der Waals surface area contributed by atoms with E-state index in [1.165, 1.54) is 7.05 Å². The fourth-order valence-electron chi connectivity index (χ4n) is 0.187. The maximum absolute atomic E-state index is 10.2. The minimum atomic E-state index is -0.701. The summed E-state index contributed by atoms with van der Waals surface area (Å²) in [6.45, 7) is 0. The van der Waals surface area contributed by atoms with Crippen molar-refractivity contribution in [2.75, 3.05) is 7.05 Å². The lowest BCUT2D eigenvalue weighted by molar-refractivity contribution is -0.119. The van der Waals surface area contributed by atoms with Gasteiger partial charge in [0.05, 0.1) is 0 Å². The molecular weight excluding hydrogens is 110 g/mol. The zero-order chi connectivity index (χ0) is 6.57. The summed E-state index contributed by atoms with van der Waals surface area (Å²) in [4.78, 5) is 10.2. The van der Waals surface area contributed by atoms with Crippen molar-refractivity contribution in [1.82, 2.24) is 5.32 Å². The van der Waals surface area contributed by atoms with Crippen LogP contribution in [0.3, 0.4) is 0 Å². The molecule has 4 nitrogen and oxygen atoms in total. The van der Waals surface area contributed by atoms with E-state index in [4.69, 9.17) is 10.2 Å². The first-order chi connectivity index (χ1) is 3.72. The molecule has 0 aliphatic heterocycles. The van der Waals surface area contributed by atoms with Gasteiger partial charge < -0.3 is 15.5 Å². The summed E-state index contributed by atoms with van der Waals surface area (Å²) in [6, 6.07) is 0. The minimum absolute atomic E-state index is 0.332. The van der Waals surface area contributed by atoms with Crippen LogP contribution in [0.2, 0.25) is 0 Å². The Morgan fingerprint density at radius 3 is 2.38 bits per heavy atom. The molecule has 0 aliphatic rings. The third-order valence-electron chi connectivity index (χ3n) is 0.582. The Hall–Kier alpha value is -1.19. The summed E-state index contributed by atoms with van der Waals surface area (Å²) in [5.41, 5.74) is 0. The molecule has 4 heteroatoms. The quantitative estimate of drug-likeness (QED) is 0.326. The summed E-state index contributed by atoms with van der Waals surface area (Å²) in [5.74, 6) is -1.39. The zero-order valence-corrected chi connectivity index (χ0v) is 4.38. The number of nitrogens with one attached hydrogen (secondary N) is 1. The summed E-state index contributed by atoms with van der Waals surface area (Å²) >= 11 is 0. The Balaban J connectivity index is 3.83. The lowest BCUT2D eigenvalue weighted by Crippen LogP contribution is -2.19. The third-order valence-corrected chi connectivity index (χ3v) is 0.582. The van der Waals surface area contributed by atoms with Crippen LogP contribution < -0.4 is 5.32 Å². The molecule has 8 heavy (non-hydrogen) atoms. The van der Waals surface area contributed by atoms with E-state index in [1.54, 1.807) is 0 Å². The van der Waals surface area contributed by atoms with E-state index < -0.39 is 11.7 Å². The Labute approximate surface area is 46.4 Å². The minimum Gasteiger partial charge on any atom is -0.512 e. The fraction of sp³-hybridized carbons (Fsp3) is 0.250. The molecule has 0 unspecified atom stereocenters. The van der Waals surface area contributed by atoms with E-state index in [9.17, 15) is 4.79 Å². The molecule has 3 N–H and O–H groups in total. The number of aliphatic hydroxyl groups is 2. The molecule has 0 aromatic rings. The van der Waals surface area contributed by atoms with Gasteiger partial charge in [-0.15, -0.1) is 0 Å². The molecule has 0 rings (SSSR count). The SMILES string of the molecule is CNC(=O)C(O)=CO. The van der Waals surface area contributed by atoms with Crippen molar-refractivity contribution in [3.05, 3.63) is 12.0 Å². The second kappa shape index (κ2) is 2.90. The topological polar surface area (TPSA) is 69.6 Å². The monoisotopic (exact) mass is 117 g/mol. The van der Waals surface area contributed by atoms with Gasteiger partial charge in [-0.3, -0.25) is 4.79 Å². The molecule has 0 saturated heterocycles. The molecule has 0 heterocycles. The molecule has 0 fully saturated rings. The number of carbonyl (C=O) groups is 1. The summed E-state index contributed by atoms with van der Waals surface area (Å²) in [5, 5.41) is 18.4. The smallest absolute Gasteiger partial charge is 0.289 e. The molecule has 46 valence electrons. The molecular formula is C4H7NO3. The first-order valence-corrected chi connectivity index (χ1v) is 1.97. The molecule has 0 radical (unpaired) electrons. The molecule has 0 bridgehead atoms. The Morgan fingerprint density at radius 1 is 1.75 bits per heavy atom. The first-order valence-electron chi connectivity index (χ1n) is 1.97. The molecule has 1 amide bonds. The first kappa shape index (κ1) is 6.81. The van der Waals surface area contributed by atoms with E-state index in [0.717, 1.165) is 0 Å². The van der Waals surface area contributed by atoms with Gasteiger partial charge >= 0.3 is 0 Å². The van der Waals surface area contributed by atoms with Crippen molar-refractivity contribution in [3.63, 3.8) is 0 Å². The molecule has 0 saturated carbocycles. The van der Waals surface area contributed by atoms with Gasteiger partial charge in [0.15, 0.2) is 0 Å². The van der Waals surface area contributed by atoms with E-state index in [1.807, 2.05) is 0 Å². The highest BCUT2D eigenvalue weighted by Gasteiger charge is 2.01. The maximum Gasteiger partial charge on any atom is 0.289 e. The van der Waals surface area contributed by atoms with Crippen molar-refractivity contribution in [2.24, 2.45) is 0 Å². The summed E-state index contributed by atoms with van der Waals surface area (Å²) in [7, 11) is 1.35. The van der Waals surface area contributed by atoms with Gasteiger partial charge in [-0.1, -0.05) is 0 Å². The van der Waals surface area contributed by atoms with Gasteiger partial charge in [-0.05, 0) is 0 Å². The second-order valence-corrected chi connectivity index (χ2v) is 1.09.